The molecule has 1 heterocycles. The van der Waals surface area contributed by atoms with E-state index in [1.54, 1.807) is 18.2 Å². The van der Waals surface area contributed by atoms with Gasteiger partial charge >= 0.3 is 0 Å². The number of benzene rings is 1. The third kappa shape index (κ3) is 3.36. The molecule has 2 rings (SSSR count). The van der Waals surface area contributed by atoms with Gasteiger partial charge in [-0.25, -0.2) is 8.78 Å². The highest BCUT2D eigenvalue weighted by atomic mass is 79.9. The van der Waals surface area contributed by atoms with Gasteiger partial charge in [-0.1, -0.05) is 16.8 Å². The molecule has 0 bridgehead atoms. The zero-order chi connectivity index (χ0) is 14.0. The van der Waals surface area contributed by atoms with E-state index in [-0.39, 0.29) is 11.7 Å². The number of ketones is 1. The molecule has 0 atom stereocenters. The number of hydrogen-bond acceptors (Lipinski definition) is 4. The van der Waals surface area contributed by atoms with Gasteiger partial charge in [-0.05, 0) is 34.1 Å². The van der Waals surface area contributed by atoms with Gasteiger partial charge in [0.2, 0.25) is 17.5 Å². The van der Waals surface area contributed by atoms with Crippen LogP contribution in [0.5, 0.6) is 0 Å². The molecule has 8 heteroatoms. The highest BCUT2D eigenvalue weighted by Gasteiger charge is 2.20. The smallest absolute Gasteiger partial charge is 0.296 e. The topological polar surface area (TPSA) is 56.0 Å². The van der Waals surface area contributed by atoms with Crippen LogP contribution >= 0.6 is 27.5 Å². The summed E-state index contributed by atoms with van der Waals surface area (Å²) in [5, 5.41) is 4.14. The second-order valence-corrected chi connectivity index (χ2v) is 4.85. The Morgan fingerprint density at radius 2 is 2.21 bits per heavy atom. The zero-order valence-electron chi connectivity index (χ0n) is 9.24. The van der Waals surface area contributed by atoms with Crippen molar-refractivity contribution in [3.63, 3.8) is 0 Å². The number of carbonyl (C=O) groups is 1. The minimum Gasteiger partial charge on any atom is -0.338 e. The van der Waals surface area contributed by atoms with Gasteiger partial charge < -0.3 is 4.52 Å². The SMILES string of the molecule is O=C(Cc1nc(-c2ccc(Cl)c(Br)c2)no1)C(F)F. The molecule has 0 aliphatic carbocycles. The molecule has 0 fully saturated rings. The average Bonchev–Trinajstić information content (AvgIpc) is 2.81. The first-order valence-electron chi connectivity index (χ1n) is 5.06. The lowest BCUT2D eigenvalue weighted by Gasteiger charge is -1.97. The molecule has 0 aliphatic rings. The first-order valence-corrected chi connectivity index (χ1v) is 6.23. The fraction of sp³-hybridized carbons (Fsp3) is 0.182. The molecule has 0 amide bonds. The van der Waals surface area contributed by atoms with E-state index in [0.717, 1.165) is 0 Å². The van der Waals surface area contributed by atoms with Crippen molar-refractivity contribution in [2.24, 2.45) is 0 Å². The predicted octanol–water partition coefficient (Wildman–Crippen LogP) is 3.53. The van der Waals surface area contributed by atoms with Crippen molar-refractivity contribution < 1.29 is 18.1 Å². The number of halogens is 4. The molecule has 0 unspecified atom stereocenters. The minimum atomic E-state index is -3.04. The molecule has 100 valence electrons. The van der Waals surface area contributed by atoms with Gasteiger partial charge in [0.15, 0.2) is 0 Å². The third-order valence-corrected chi connectivity index (χ3v) is 3.43. The van der Waals surface area contributed by atoms with Crippen LogP contribution in [-0.2, 0) is 11.2 Å². The molecule has 1 aromatic heterocycles. The molecule has 1 aromatic carbocycles. The summed E-state index contributed by atoms with van der Waals surface area (Å²) in [4.78, 5) is 14.7. The number of nitrogens with zero attached hydrogens (tertiary/aromatic N) is 2. The maximum absolute atomic E-state index is 12.1. The average molecular weight is 352 g/mol. The second kappa shape index (κ2) is 5.75. The Morgan fingerprint density at radius 1 is 1.47 bits per heavy atom. The normalized spacial score (nSPS) is 11.0. The van der Waals surface area contributed by atoms with E-state index in [1.165, 1.54) is 0 Å². The van der Waals surface area contributed by atoms with Crippen LogP contribution in [0.15, 0.2) is 27.2 Å². The van der Waals surface area contributed by atoms with Crippen molar-refractivity contribution in [2.45, 2.75) is 12.8 Å². The van der Waals surface area contributed by atoms with Crippen LogP contribution in [0, 0.1) is 0 Å². The Kier molecular flexibility index (Phi) is 4.26. The molecule has 2 aromatic rings. The molecule has 0 N–H and O–H groups in total. The summed E-state index contributed by atoms with van der Waals surface area (Å²) in [6.45, 7) is 0. The molecule has 0 saturated heterocycles. The van der Waals surface area contributed by atoms with E-state index >= 15 is 0 Å². The second-order valence-electron chi connectivity index (χ2n) is 3.58. The van der Waals surface area contributed by atoms with Crippen molar-refractivity contribution >= 4 is 33.3 Å². The quantitative estimate of drug-likeness (QED) is 0.845. The van der Waals surface area contributed by atoms with E-state index in [9.17, 15) is 13.6 Å². The molecule has 0 aliphatic heterocycles. The number of carbonyl (C=O) groups excluding carboxylic acids is 1. The lowest BCUT2D eigenvalue weighted by molar-refractivity contribution is -0.129. The van der Waals surface area contributed by atoms with Gasteiger partial charge in [0, 0.05) is 10.0 Å². The maximum atomic E-state index is 12.1. The predicted molar refractivity (Wildman–Crippen MR) is 67.2 cm³/mol. The third-order valence-electron chi connectivity index (χ3n) is 2.21. The molecule has 0 spiro atoms. The summed E-state index contributed by atoms with van der Waals surface area (Å²) >= 11 is 9.08. The van der Waals surface area contributed by atoms with E-state index in [4.69, 9.17) is 16.1 Å². The maximum Gasteiger partial charge on any atom is 0.296 e. The van der Waals surface area contributed by atoms with Crippen molar-refractivity contribution in [2.75, 3.05) is 0 Å². The lowest BCUT2D eigenvalue weighted by Crippen LogP contribution is -2.12. The zero-order valence-corrected chi connectivity index (χ0v) is 11.6. The standard InChI is InChI=1S/C11H6BrClF2N2O2/c12-6-3-5(1-2-7(6)13)11-16-9(19-17-11)4-8(18)10(14)15/h1-3,10H,4H2. The summed E-state index contributed by atoms with van der Waals surface area (Å²) in [7, 11) is 0. The van der Waals surface area contributed by atoms with E-state index < -0.39 is 18.6 Å². The largest absolute Gasteiger partial charge is 0.338 e. The van der Waals surface area contributed by atoms with Crippen LogP contribution in [0.1, 0.15) is 5.89 Å². The van der Waals surface area contributed by atoms with Crippen LogP contribution in [0.3, 0.4) is 0 Å². The number of rotatable bonds is 4. The fourth-order valence-electron chi connectivity index (χ4n) is 1.31. The summed E-state index contributed by atoms with van der Waals surface area (Å²) in [6.07, 6.45) is -3.63. The number of alkyl halides is 2. The van der Waals surface area contributed by atoms with Gasteiger partial charge in [-0.15, -0.1) is 0 Å². The van der Waals surface area contributed by atoms with Crippen molar-refractivity contribution in [3.05, 3.63) is 33.6 Å². The Morgan fingerprint density at radius 3 is 2.84 bits per heavy atom. The summed E-state index contributed by atoms with van der Waals surface area (Å²) in [5.41, 5.74) is 0.593. The summed E-state index contributed by atoms with van der Waals surface area (Å²) in [5.74, 6) is -1.20. The van der Waals surface area contributed by atoms with E-state index in [0.29, 0.717) is 15.1 Å². The van der Waals surface area contributed by atoms with Gasteiger partial charge in [0.1, 0.15) is 0 Å². The molecule has 4 nitrogen and oxygen atoms in total. The van der Waals surface area contributed by atoms with Crippen LogP contribution < -0.4 is 0 Å². The number of Topliss-reactive ketones (excluding diaryl/α,β-unsaturated/α-hetero) is 1. The summed E-state index contributed by atoms with van der Waals surface area (Å²) in [6, 6.07) is 4.93. The van der Waals surface area contributed by atoms with Crippen LogP contribution in [0.25, 0.3) is 11.4 Å². The van der Waals surface area contributed by atoms with Crippen LogP contribution in [-0.4, -0.2) is 22.3 Å². The Labute approximate surface area is 119 Å². The van der Waals surface area contributed by atoms with Crippen molar-refractivity contribution in [1.29, 1.82) is 0 Å². The monoisotopic (exact) mass is 350 g/mol. The molecule has 19 heavy (non-hydrogen) atoms. The Balaban J connectivity index is 2.21. The molecule has 0 saturated carbocycles. The van der Waals surface area contributed by atoms with Gasteiger partial charge in [0.25, 0.3) is 6.43 Å². The van der Waals surface area contributed by atoms with E-state index in [2.05, 4.69) is 26.1 Å². The van der Waals surface area contributed by atoms with Crippen molar-refractivity contribution in [3.8, 4) is 11.4 Å². The highest BCUT2D eigenvalue weighted by Crippen LogP contribution is 2.27. The molecule has 0 radical (unpaired) electrons. The first kappa shape index (κ1) is 14.1. The first-order chi connectivity index (χ1) is 8.97. The van der Waals surface area contributed by atoms with Gasteiger partial charge in [-0.3, -0.25) is 4.79 Å². The summed E-state index contributed by atoms with van der Waals surface area (Å²) < 4.78 is 29.5. The Hall–Kier alpha value is -1.34. The molecular weight excluding hydrogens is 345 g/mol. The number of hydrogen-bond donors (Lipinski definition) is 0. The lowest BCUT2D eigenvalue weighted by atomic mass is 10.2. The van der Waals surface area contributed by atoms with Gasteiger partial charge in [-0.2, -0.15) is 4.98 Å². The van der Waals surface area contributed by atoms with Crippen molar-refractivity contribution in [1.82, 2.24) is 10.1 Å². The van der Waals surface area contributed by atoms with Gasteiger partial charge in [0.05, 0.1) is 11.4 Å². The minimum absolute atomic E-state index is 0.147. The van der Waals surface area contributed by atoms with Crippen LogP contribution in [0.4, 0.5) is 8.78 Å². The van der Waals surface area contributed by atoms with E-state index in [1.807, 2.05) is 0 Å². The highest BCUT2D eigenvalue weighted by molar-refractivity contribution is 9.10. The molecular formula is C11H6BrClF2N2O2. The van der Waals surface area contributed by atoms with Crippen LogP contribution in [0.2, 0.25) is 5.02 Å². The number of aromatic nitrogens is 2. The Bertz CT molecular complexity index is 618. The fourth-order valence-corrected chi connectivity index (χ4v) is 1.80.